The van der Waals surface area contributed by atoms with Gasteiger partial charge in [-0.15, -0.1) is 0 Å². The summed E-state index contributed by atoms with van der Waals surface area (Å²) in [4.78, 5) is 17.3. The van der Waals surface area contributed by atoms with Gasteiger partial charge < -0.3 is 25.2 Å². The number of amides is 1. The number of methoxy groups -OCH3 is 1. The molecule has 0 bridgehead atoms. The first-order chi connectivity index (χ1) is 14.7. The van der Waals surface area contributed by atoms with Gasteiger partial charge in [0.2, 0.25) is 0 Å². The molecule has 7 heteroatoms. The predicted molar refractivity (Wildman–Crippen MR) is 115 cm³/mol. The summed E-state index contributed by atoms with van der Waals surface area (Å²) in [6.45, 7) is 1.24. The zero-order chi connectivity index (χ0) is 20.9. The van der Waals surface area contributed by atoms with Crippen LogP contribution in [0.4, 0.5) is 5.82 Å². The fraction of sp³-hybridized carbons (Fsp3) is 0.304. The van der Waals surface area contributed by atoms with Gasteiger partial charge in [-0.25, -0.2) is 4.98 Å². The summed E-state index contributed by atoms with van der Waals surface area (Å²) in [5, 5.41) is 17.9. The van der Waals surface area contributed by atoms with Crippen LogP contribution in [-0.2, 0) is 4.74 Å². The predicted octanol–water partition coefficient (Wildman–Crippen LogP) is 2.91. The SMILES string of the molecule is COc1ccc([C@@H](CO)NC(=O)c2ccc3cnc(NC4CCOC4)cc3c2)cc1. The Morgan fingerprint density at radius 1 is 1.23 bits per heavy atom. The zero-order valence-electron chi connectivity index (χ0n) is 16.8. The van der Waals surface area contributed by atoms with Gasteiger partial charge in [0.05, 0.1) is 32.4 Å². The highest BCUT2D eigenvalue weighted by molar-refractivity contribution is 5.99. The third-order valence-electron chi connectivity index (χ3n) is 5.27. The number of aliphatic hydroxyl groups is 1. The molecule has 156 valence electrons. The molecule has 1 aliphatic heterocycles. The third kappa shape index (κ3) is 4.53. The van der Waals surface area contributed by atoms with E-state index in [4.69, 9.17) is 9.47 Å². The molecule has 2 atom stereocenters. The lowest BCUT2D eigenvalue weighted by Gasteiger charge is -2.17. The van der Waals surface area contributed by atoms with Gasteiger partial charge in [-0.1, -0.05) is 18.2 Å². The number of aromatic nitrogens is 1. The van der Waals surface area contributed by atoms with Gasteiger partial charge in [-0.3, -0.25) is 4.79 Å². The van der Waals surface area contributed by atoms with E-state index in [-0.39, 0.29) is 18.6 Å². The Morgan fingerprint density at radius 3 is 2.77 bits per heavy atom. The van der Waals surface area contributed by atoms with Crippen molar-refractivity contribution in [2.45, 2.75) is 18.5 Å². The number of carbonyl (C=O) groups excluding carboxylic acids is 1. The lowest BCUT2D eigenvalue weighted by molar-refractivity contribution is 0.0916. The molecule has 30 heavy (non-hydrogen) atoms. The highest BCUT2D eigenvalue weighted by atomic mass is 16.5. The van der Waals surface area contributed by atoms with Crippen LogP contribution in [-0.4, -0.2) is 49.0 Å². The van der Waals surface area contributed by atoms with Crippen LogP contribution in [0.3, 0.4) is 0 Å². The number of fused-ring (bicyclic) bond motifs is 1. The molecule has 3 N–H and O–H groups in total. The molecule has 4 rings (SSSR count). The number of benzene rings is 2. The second-order valence-corrected chi connectivity index (χ2v) is 7.32. The molecule has 0 saturated carbocycles. The number of ether oxygens (including phenoxy) is 2. The van der Waals surface area contributed by atoms with E-state index in [1.165, 1.54) is 0 Å². The summed E-state index contributed by atoms with van der Waals surface area (Å²) in [7, 11) is 1.60. The second-order valence-electron chi connectivity index (χ2n) is 7.32. The van der Waals surface area contributed by atoms with Crippen molar-refractivity contribution in [1.29, 1.82) is 0 Å². The monoisotopic (exact) mass is 407 g/mol. The van der Waals surface area contributed by atoms with Crippen molar-refractivity contribution < 1.29 is 19.4 Å². The van der Waals surface area contributed by atoms with Crippen molar-refractivity contribution in [2.75, 3.05) is 32.2 Å². The Bertz CT molecular complexity index is 1020. The standard InChI is InChI=1S/C23H25N3O4/c1-29-20-6-4-15(5-7-20)21(13-27)26-23(28)16-2-3-17-12-24-22(11-18(17)10-16)25-19-8-9-30-14-19/h2-7,10-12,19,21,27H,8-9,13-14H2,1H3,(H,24,25)(H,26,28)/t19?,21-/m1/s1. The normalized spacial score (nSPS) is 16.9. The van der Waals surface area contributed by atoms with E-state index < -0.39 is 6.04 Å². The van der Waals surface area contributed by atoms with Crippen LogP contribution in [0.1, 0.15) is 28.4 Å². The Balaban J connectivity index is 1.50. The molecular weight excluding hydrogens is 382 g/mol. The van der Waals surface area contributed by atoms with Crippen molar-refractivity contribution in [3.8, 4) is 5.75 Å². The number of nitrogens with one attached hydrogen (secondary N) is 2. The summed E-state index contributed by atoms with van der Waals surface area (Å²) in [5.41, 5.74) is 1.33. The van der Waals surface area contributed by atoms with Gasteiger partial charge in [0.1, 0.15) is 11.6 Å². The zero-order valence-corrected chi connectivity index (χ0v) is 16.8. The van der Waals surface area contributed by atoms with E-state index >= 15 is 0 Å². The fourth-order valence-corrected chi connectivity index (χ4v) is 3.53. The lowest BCUT2D eigenvalue weighted by Crippen LogP contribution is -2.30. The number of carbonyl (C=O) groups is 1. The van der Waals surface area contributed by atoms with Crippen LogP contribution in [0.25, 0.3) is 10.8 Å². The molecule has 1 aliphatic rings. The molecule has 1 fully saturated rings. The summed E-state index contributed by atoms with van der Waals surface area (Å²) in [6.07, 6.45) is 2.75. The van der Waals surface area contributed by atoms with Crippen molar-refractivity contribution in [2.24, 2.45) is 0 Å². The van der Waals surface area contributed by atoms with Crippen LogP contribution in [0.5, 0.6) is 5.75 Å². The lowest BCUT2D eigenvalue weighted by atomic mass is 10.1. The molecule has 1 unspecified atom stereocenters. The van der Waals surface area contributed by atoms with Crippen LogP contribution in [0.15, 0.2) is 54.7 Å². The maximum atomic E-state index is 12.8. The molecular formula is C23H25N3O4. The summed E-state index contributed by atoms with van der Waals surface area (Å²) < 4.78 is 10.6. The van der Waals surface area contributed by atoms with Crippen LogP contribution < -0.4 is 15.4 Å². The first-order valence-electron chi connectivity index (χ1n) is 9.96. The van der Waals surface area contributed by atoms with E-state index in [2.05, 4.69) is 15.6 Å². The third-order valence-corrected chi connectivity index (χ3v) is 5.27. The van der Waals surface area contributed by atoms with Gasteiger partial charge in [-0.05, 0) is 47.7 Å². The number of rotatable bonds is 7. The number of anilines is 1. The number of hydrogen-bond donors (Lipinski definition) is 3. The average Bonchev–Trinajstić information content (AvgIpc) is 3.30. The number of nitrogens with zero attached hydrogens (tertiary/aromatic N) is 1. The number of pyridine rings is 1. The van der Waals surface area contributed by atoms with Crippen molar-refractivity contribution in [3.05, 3.63) is 65.9 Å². The molecule has 1 saturated heterocycles. The Morgan fingerprint density at radius 2 is 2.07 bits per heavy atom. The first kappa shape index (κ1) is 20.1. The minimum atomic E-state index is -0.504. The topological polar surface area (TPSA) is 92.7 Å². The smallest absolute Gasteiger partial charge is 0.251 e. The first-order valence-corrected chi connectivity index (χ1v) is 9.96. The second kappa shape index (κ2) is 9.11. The fourth-order valence-electron chi connectivity index (χ4n) is 3.53. The Hall–Kier alpha value is -3.16. The van der Waals surface area contributed by atoms with Crippen LogP contribution in [0.2, 0.25) is 0 Å². The van der Waals surface area contributed by atoms with Gasteiger partial charge in [0.25, 0.3) is 5.91 Å². The molecule has 0 radical (unpaired) electrons. The molecule has 1 aromatic heterocycles. The van der Waals surface area contributed by atoms with Gasteiger partial charge >= 0.3 is 0 Å². The van der Waals surface area contributed by atoms with Crippen molar-refractivity contribution in [3.63, 3.8) is 0 Å². The van der Waals surface area contributed by atoms with E-state index in [0.29, 0.717) is 12.2 Å². The summed E-state index contributed by atoms with van der Waals surface area (Å²) >= 11 is 0. The minimum Gasteiger partial charge on any atom is -0.497 e. The quantitative estimate of drug-likeness (QED) is 0.558. The Kier molecular flexibility index (Phi) is 6.11. The minimum absolute atomic E-state index is 0.201. The maximum absolute atomic E-state index is 12.8. The van der Waals surface area contributed by atoms with E-state index in [9.17, 15) is 9.90 Å². The summed E-state index contributed by atoms with van der Waals surface area (Å²) in [5.74, 6) is 1.24. The molecule has 3 aromatic rings. The highest BCUT2D eigenvalue weighted by Gasteiger charge is 2.17. The largest absolute Gasteiger partial charge is 0.497 e. The summed E-state index contributed by atoms with van der Waals surface area (Å²) in [6, 6.07) is 14.4. The van der Waals surface area contributed by atoms with Gasteiger partial charge in [0.15, 0.2) is 0 Å². The molecule has 0 spiro atoms. The van der Waals surface area contributed by atoms with Crippen molar-refractivity contribution in [1.82, 2.24) is 10.3 Å². The van der Waals surface area contributed by atoms with E-state index in [1.807, 2.05) is 30.3 Å². The molecule has 7 nitrogen and oxygen atoms in total. The van der Waals surface area contributed by atoms with E-state index in [0.717, 1.165) is 40.9 Å². The van der Waals surface area contributed by atoms with Crippen LogP contribution in [0, 0.1) is 0 Å². The molecule has 1 amide bonds. The van der Waals surface area contributed by atoms with Crippen LogP contribution >= 0.6 is 0 Å². The molecule has 0 aliphatic carbocycles. The molecule has 2 heterocycles. The van der Waals surface area contributed by atoms with Crippen molar-refractivity contribution >= 4 is 22.5 Å². The maximum Gasteiger partial charge on any atom is 0.251 e. The number of aliphatic hydroxyl groups excluding tert-OH is 1. The van der Waals surface area contributed by atoms with Gasteiger partial charge in [-0.2, -0.15) is 0 Å². The average molecular weight is 407 g/mol. The number of hydrogen-bond acceptors (Lipinski definition) is 6. The highest BCUT2D eigenvalue weighted by Crippen LogP contribution is 2.22. The Labute approximate surface area is 175 Å². The van der Waals surface area contributed by atoms with Gasteiger partial charge in [0, 0.05) is 23.8 Å². The molecule has 2 aromatic carbocycles. The van der Waals surface area contributed by atoms with E-state index in [1.54, 1.807) is 31.5 Å².